The molecule has 2 N–H and O–H groups in total. The van der Waals surface area contributed by atoms with Crippen LogP contribution in [-0.2, 0) is 4.79 Å². The van der Waals surface area contributed by atoms with E-state index in [1.165, 1.54) is 37.0 Å². The number of hydrogen-bond donors (Lipinski definition) is 2. The highest BCUT2D eigenvalue weighted by Gasteiger charge is 2.26. The Balaban J connectivity index is 1.59. The summed E-state index contributed by atoms with van der Waals surface area (Å²) >= 11 is 1.76. The van der Waals surface area contributed by atoms with Gasteiger partial charge in [0.2, 0.25) is 5.91 Å². The quantitative estimate of drug-likeness (QED) is 0.852. The highest BCUT2D eigenvalue weighted by atomic mass is 32.1. The molecule has 3 rings (SSSR count). The van der Waals surface area contributed by atoms with Gasteiger partial charge in [-0.2, -0.15) is 0 Å². The molecule has 2 aromatic heterocycles. The monoisotopic (exact) mass is 330 g/mol. The van der Waals surface area contributed by atoms with E-state index in [2.05, 4.69) is 38.1 Å². The lowest BCUT2D eigenvalue weighted by Crippen LogP contribution is -2.35. The molecule has 1 aliphatic rings. The highest BCUT2D eigenvalue weighted by molar-refractivity contribution is 7.10. The van der Waals surface area contributed by atoms with Gasteiger partial charge in [0.1, 0.15) is 0 Å². The van der Waals surface area contributed by atoms with Crippen molar-refractivity contribution in [2.75, 3.05) is 11.9 Å². The van der Waals surface area contributed by atoms with Crippen molar-refractivity contribution < 1.29 is 4.79 Å². The minimum atomic E-state index is -0.0807. The Hall–Kier alpha value is -1.79. The number of carbonyl (C=O) groups is 1. The van der Waals surface area contributed by atoms with Crippen molar-refractivity contribution in [2.45, 2.75) is 38.1 Å². The number of nitrogens with zero attached hydrogens (tertiary/aromatic N) is 2. The molecule has 0 spiro atoms. The summed E-state index contributed by atoms with van der Waals surface area (Å²) in [6.45, 7) is 0.287. The van der Waals surface area contributed by atoms with E-state index >= 15 is 0 Å². The molecule has 0 bridgehead atoms. The second-order valence-electron chi connectivity index (χ2n) is 5.91. The van der Waals surface area contributed by atoms with Gasteiger partial charge in [-0.1, -0.05) is 25.3 Å². The molecule has 1 amide bonds. The molecule has 2 aromatic rings. The summed E-state index contributed by atoms with van der Waals surface area (Å²) in [5.41, 5.74) is 0. The SMILES string of the molecule is O=C(CN[C@H](c1cccs1)C1CCCCC1)Nc1cnccn1. The van der Waals surface area contributed by atoms with Gasteiger partial charge >= 0.3 is 0 Å². The summed E-state index contributed by atoms with van der Waals surface area (Å²) in [4.78, 5) is 21.5. The highest BCUT2D eigenvalue weighted by Crippen LogP contribution is 2.36. The number of anilines is 1. The van der Waals surface area contributed by atoms with E-state index in [1.807, 2.05) is 0 Å². The van der Waals surface area contributed by atoms with Crippen molar-refractivity contribution in [2.24, 2.45) is 5.92 Å². The summed E-state index contributed by atoms with van der Waals surface area (Å²) < 4.78 is 0. The Labute approximate surface area is 140 Å². The van der Waals surface area contributed by atoms with Gasteiger partial charge in [-0.25, -0.2) is 4.98 Å². The van der Waals surface area contributed by atoms with E-state index in [4.69, 9.17) is 0 Å². The molecule has 0 saturated heterocycles. The van der Waals surface area contributed by atoms with Gasteiger partial charge in [-0.3, -0.25) is 9.78 Å². The average molecular weight is 330 g/mol. The first-order valence-corrected chi connectivity index (χ1v) is 9.03. The second kappa shape index (κ2) is 8.17. The van der Waals surface area contributed by atoms with Gasteiger partial charge in [-0.15, -0.1) is 11.3 Å². The predicted molar refractivity (Wildman–Crippen MR) is 92.3 cm³/mol. The third-order valence-electron chi connectivity index (χ3n) is 4.28. The maximum absolute atomic E-state index is 12.1. The molecule has 5 nitrogen and oxygen atoms in total. The van der Waals surface area contributed by atoms with Crippen LogP contribution in [0.1, 0.15) is 43.0 Å². The molecule has 0 radical (unpaired) electrons. The van der Waals surface area contributed by atoms with Crippen LogP contribution in [0, 0.1) is 5.92 Å². The molecule has 6 heteroatoms. The van der Waals surface area contributed by atoms with Gasteiger partial charge in [0.05, 0.1) is 12.7 Å². The number of thiophene rings is 1. The molecule has 122 valence electrons. The van der Waals surface area contributed by atoms with Crippen LogP contribution < -0.4 is 10.6 Å². The smallest absolute Gasteiger partial charge is 0.239 e. The molecule has 2 heterocycles. The Kier molecular flexibility index (Phi) is 5.71. The zero-order valence-electron chi connectivity index (χ0n) is 13.1. The third kappa shape index (κ3) is 4.59. The fourth-order valence-corrected chi connectivity index (χ4v) is 4.08. The Morgan fingerprint density at radius 3 is 2.87 bits per heavy atom. The lowest BCUT2D eigenvalue weighted by Gasteiger charge is -2.30. The lowest BCUT2D eigenvalue weighted by molar-refractivity contribution is -0.115. The van der Waals surface area contributed by atoms with Gasteiger partial charge in [0, 0.05) is 23.3 Å². The summed E-state index contributed by atoms with van der Waals surface area (Å²) in [7, 11) is 0. The molecule has 0 aromatic carbocycles. The molecule has 1 atom stereocenters. The number of hydrogen-bond acceptors (Lipinski definition) is 5. The Bertz CT molecular complexity index is 596. The molecule has 1 aliphatic carbocycles. The fourth-order valence-electron chi connectivity index (χ4n) is 3.19. The second-order valence-corrected chi connectivity index (χ2v) is 6.89. The van der Waals surface area contributed by atoms with E-state index in [-0.39, 0.29) is 18.5 Å². The minimum Gasteiger partial charge on any atom is -0.308 e. The maximum atomic E-state index is 12.1. The van der Waals surface area contributed by atoms with Crippen LogP contribution in [0.3, 0.4) is 0 Å². The van der Waals surface area contributed by atoms with Crippen molar-refractivity contribution in [1.29, 1.82) is 0 Å². The Morgan fingerprint density at radius 2 is 2.17 bits per heavy atom. The first-order valence-electron chi connectivity index (χ1n) is 8.15. The number of carbonyl (C=O) groups excluding carboxylic acids is 1. The number of amides is 1. The zero-order valence-corrected chi connectivity index (χ0v) is 13.9. The minimum absolute atomic E-state index is 0.0807. The van der Waals surface area contributed by atoms with Crippen LogP contribution in [0.15, 0.2) is 36.1 Å². The van der Waals surface area contributed by atoms with Crippen LogP contribution in [0.25, 0.3) is 0 Å². The number of nitrogens with one attached hydrogen (secondary N) is 2. The number of rotatable bonds is 6. The van der Waals surface area contributed by atoms with Gasteiger partial charge < -0.3 is 10.6 Å². The molecule has 23 heavy (non-hydrogen) atoms. The number of aromatic nitrogens is 2. The normalized spacial score (nSPS) is 16.9. The van der Waals surface area contributed by atoms with E-state index in [0.717, 1.165) is 0 Å². The predicted octanol–water partition coefficient (Wildman–Crippen LogP) is 3.39. The van der Waals surface area contributed by atoms with Crippen LogP contribution in [0.2, 0.25) is 0 Å². The lowest BCUT2D eigenvalue weighted by atomic mass is 9.83. The van der Waals surface area contributed by atoms with E-state index in [1.54, 1.807) is 29.9 Å². The molecular formula is C17H22N4OS. The molecule has 0 unspecified atom stereocenters. The zero-order chi connectivity index (χ0) is 15.9. The van der Waals surface area contributed by atoms with Crippen LogP contribution in [0.5, 0.6) is 0 Å². The molecular weight excluding hydrogens is 308 g/mol. The summed E-state index contributed by atoms with van der Waals surface area (Å²) in [5.74, 6) is 1.03. The van der Waals surface area contributed by atoms with Crippen LogP contribution in [0.4, 0.5) is 5.82 Å². The maximum Gasteiger partial charge on any atom is 0.239 e. The van der Waals surface area contributed by atoms with Crippen molar-refractivity contribution >= 4 is 23.1 Å². The van der Waals surface area contributed by atoms with Crippen molar-refractivity contribution in [3.8, 4) is 0 Å². The standard InChI is InChI=1S/C17H22N4OS/c22-16(21-15-11-18-8-9-19-15)12-20-17(14-7-4-10-23-14)13-5-2-1-3-6-13/h4,7-11,13,17,20H,1-3,5-6,12H2,(H,19,21,22)/t17-/m0/s1. The summed E-state index contributed by atoms with van der Waals surface area (Å²) in [5, 5.41) is 8.34. The van der Waals surface area contributed by atoms with Crippen molar-refractivity contribution in [3.63, 3.8) is 0 Å². The van der Waals surface area contributed by atoms with Crippen molar-refractivity contribution in [3.05, 3.63) is 41.0 Å². The van der Waals surface area contributed by atoms with Crippen LogP contribution in [-0.4, -0.2) is 22.4 Å². The van der Waals surface area contributed by atoms with Gasteiger partial charge in [-0.05, 0) is 30.2 Å². The van der Waals surface area contributed by atoms with E-state index in [9.17, 15) is 4.79 Å². The van der Waals surface area contributed by atoms with Gasteiger partial charge in [0.25, 0.3) is 0 Å². The first kappa shape index (κ1) is 16.1. The van der Waals surface area contributed by atoms with Crippen LogP contribution >= 0.6 is 11.3 Å². The van der Waals surface area contributed by atoms with Crippen molar-refractivity contribution in [1.82, 2.24) is 15.3 Å². The topological polar surface area (TPSA) is 66.9 Å². The fraction of sp³-hybridized carbons (Fsp3) is 0.471. The van der Waals surface area contributed by atoms with E-state index in [0.29, 0.717) is 11.7 Å². The van der Waals surface area contributed by atoms with E-state index < -0.39 is 0 Å². The molecule has 1 saturated carbocycles. The third-order valence-corrected chi connectivity index (χ3v) is 5.24. The summed E-state index contributed by atoms with van der Waals surface area (Å²) in [6.07, 6.45) is 11.1. The average Bonchev–Trinajstić information content (AvgIpc) is 3.11. The van der Waals surface area contributed by atoms with Gasteiger partial charge in [0.15, 0.2) is 5.82 Å². The molecule has 0 aliphatic heterocycles. The largest absolute Gasteiger partial charge is 0.308 e. The summed E-state index contributed by atoms with van der Waals surface area (Å²) in [6, 6.07) is 4.51. The Morgan fingerprint density at radius 1 is 1.30 bits per heavy atom. The molecule has 1 fully saturated rings. The first-order chi connectivity index (χ1) is 11.3.